The summed E-state index contributed by atoms with van der Waals surface area (Å²) < 4.78 is 6.90. The Balaban J connectivity index is 1.93. The average molecular weight is 402 g/mol. The maximum absolute atomic E-state index is 10.0. The van der Waals surface area contributed by atoms with E-state index in [1.165, 1.54) is 24.0 Å². The molecule has 1 aromatic carbocycles. The van der Waals surface area contributed by atoms with Gasteiger partial charge in [-0.2, -0.15) is 0 Å². The van der Waals surface area contributed by atoms with E-state index in [2.05, 4.69) is 82.1 Å². The van der Waals surface area contributed by atoms with Gasteiger partial charge in [0.1, 0.15) is 0 Å². The van der Waals surface area contributed by atoms with Gasteiger partial charge in [-0.25, -0.2) is 0 Å². The fourth-order valence-electron chi connectivity index (χ4n) is 4.46. The van der Waals surface area contributed by atoms with Gasteiger partial charge in [0.05, 0.1) is 6.10 Å². The molecule has 4 heteroatoms. The molecule has 1 heterocycles. The summed E-state index contributed by atoms with van der Waals surface area (Å²) in [5.74, 6) is 0.287. The molecule has 1 aliphatic heterocycles. The first-order valence-corrected chi connectivity index (χ1v) is 13.8. The first-order valence-electron chi connectivity index (χ1n) is 10.9. The lowest BCUT2D eigenvalue weighted by molar-refractivity contribution is 0.0328. The van der Waals surface area contributed by atoms with Gasteiger partial charge < -0.3 is 9.53 Å². The van der Waals surface area contributed by atoms with Crippen molar-refractivity contribution < 1.29 is 9.53 Å². The number of hydrogen-bond donors (Lipinski definition) is 1. The number of rotatable bonds is 5. The molecule has 0 unspecified atom stereocenters. The first kappa shape index (κ1) is 21.8. The van der Waals surface area contributed by atoms with Gasteiger partial charge in [-0.1, -0.05) is 63.6 Å². The summed E-state index contributed by atoms with van der Waals surface area (Å²) in [5, 5.41) is 10.2. The third-order valence-electron chi connectivity index (χ3n) is 7.31. The molecular weight excluding hydrogens is 362 g/mol. The largest absolute Gasteiger partial charge is 0.409 e. The Hall–Kier alpha value is -0.943. The van der Waals surface area contributed by atoms with Crippen LogP contribution in [0.25, 0.3) is 0 Å². The van der Waals surface area contributed by atoms with E-state index in [-0.39, 0.29) is 23.7 Å². The molecule has 0 aromatic heterocycles. The maximum Gasteiger partial charge on any atom is 0.192 e. The van der Waals surface area contributed by atoms with Crippen LogP contribution < -0.4 is 0 Å². The number of aliphatic hydroxyl groups is 1. The fourth-order valence-corrected chi connectivity index (χ4v) is 5.76. The van der Waals surface area contributed by atoms with Crippen LogP contribution in [0.1, 0.15) is 52.5 Å². The van der Waals surface area contributed by atoms with Gasteiger partial charge in [0, 0.05) is 31.2 Å². The fraction of sp³-hybridized carbons (Fsp3) is 0.667. The molecule has 28 heavy (non-hydrogen) atoms. The van der Waals surface area contributed by atoms with E-state index < -0.39 is 8.32 Å². The highest BCUT2D eigenvalue weighted by molar-refractivity contribution is 6.74. The molecule has 1 aromatic rings. The highest BCUT2D eigenvalue weighted by Crippen LogP contribution is 2.42. The van der Waals surface area contributed by atoms with Crippen molar-refractivity contribution in [3.63, 3.8) is 0 Å². The monoisotopic (exact) mass is 401 g/mol. The van der Waals surface area contributed by atoms with Gasteiger partial charge >= 0.3 is 0 Å². The highest BCUT2D eigenvalue weighted by atomic mass is 28.4. The van der Waals surface area contributed by atoms with Crippen molar-refractivity contribution in [3.8, 4) is 0 Å². The molecule has 1 saturated carbocycles. The predicted octanol–water partition coefficient (Wildman–Crippen LogP) is 5.37. The summed E-state index contributed by atoms with van der Waals surface area (Å²) in [7, 11) is -1.88. The summed E-state index contributed by atoms with van der Waals surface area (Å²) in [6.07, 6.45) is 5.98. The van der Waals surface area contributed by atoms with E-state index in [4.69, 9.17) is 4.43 Å². The molecule has 2 aliphatic rings. The molecule has 3 rings (SSSR count). The first-order chi connectivity index (χ1) is 13.1. The summed E-state index contributed by atoms with van der Waals surface area (Å²) >= 11 is 0. The minimum absolute atomic E-state index is 0.100. The van der Waals surface area contributed by atoms with Gasteiger partial charge in [-0.05, 0) is 49.0 Å². The molecule has 0 radical (unpaired) electrons. The Kier molecular flexibility index (Phi) is 6.55. The zero-order valence-corrected chi connectivity index (χ0v) is 19.6. The van der Waals surface area contributed by atoms with Crippen LogP contribution in [0.3, 0.4) is 0 Å². The van der Waals surface area contributed by atoms with E-state index >= 15 is 0 Å². The summed E-state index contributed by atoms with van der Waals surface area (Å²) in [4.78, 5) is 2.64. The van der Waals surface area contributed by atoms with Crippen LogP contribution in [0, 0.1) is 5.92 Å². The smallest absolute Gasteiger partial charge is 0.192 e. The molecule has 1 aliphatic carbocycles. The third-order valence-corrected chi connectivity index (χ3v) is 11.8. The van der Waals surface area contributed by atoms with Gasteiger partial charge in [0.25, 0.3) is 0 Å². The second kappa shape index (κ2) is 8.43. The maximum atomic E-state index is 10.0. The van der Waals surface area contributed by atoms with Crippen molar-refractivity contribution in [2.75, 3.05) is 6.61 Å². The standard InChI is InChI=1S/C24H39NO2Si/c1-18-23(27-28(5,6)24(2,3)4)15-21-20(17-26)13-10-14-22(21)25(18)16-19-11-8-7-9-12-19/h7-9,11-12,15,18,20,22-23,26H,10,13-14,16-17H2,1-6H3/t18-,20-,22+,23-/m0/s1. The molecule has 1 N–H and O–H groups in total. The van der Waals surface area contributed by atoms with E-state index in [1.54, 1.807) is 0 Å². The lowest BCUT2D eigenvalue weighted by atomic mass is 9.76. The van der Waals surface area contributed by atoms with Crippen LogP contribution in [0.2, 0.25) is 18.1 Å². The van der Waals surface area contributed by atoms with Gasteiger partial charge in [0.15, 0.2) is 8.32 Å². The topological polar surface area (TPSA) is 32.7 Å². The number of hydrogen-bond acceptors (Lipinski definition) is 3. The Morgan fingerprint density at radius 2 is 1.82 bits per heavy atom. The highest BCUT2D eigenvalue weighted by Gasteiger charge is 2.45. The molecular formula is C24H39NO2Si. The van der Waals surface area contributed by atoms with E-state index in [0.717, 1.165) is 13.0 Å². The van der Waals surface area contributed by atoms with E-state index in [1.807, 2.05) is 0 Å². The van der Waals surface area contributed by atoms with Crippen LogP contribution >= 0.6 is 0 Å². The SMILES string of the molecule is C[C@H]1[C@@H](O[Si](C)(C)C(C)(C)C)C=C2[C@H](CO)CCC[C@H]2N1Cc1ccccc1. The van der Waals surface area contributed by atoms with Crippen LogP contribution in [0.4, 0.5) is 0 Å². The van der Waals surface area contributed by atoms with Crippen LogP contribution in [0.15, 0.2) is 42.0 Å². The van der Waals surface area contributed by atoms with Gasteiger partial charge in [-0.15, -0.1) is 0 Å². The van der Waals surface area contributed by atoms with Crippen molar-refractivity contribution in [2.24, 2.45) is 5.92 Å². The molecule has 0 bridgehead atoms. The predicted molar refractivity (Wildman–Crippen MR) is 120 cm³/mol. The van der Waals surface area contributed by atoms with Gasteiger partial charge in [0.2, 0.25) is 0 Å². The number of nitrogens with zero attached hydrogens (tertiary/aromatic N) is 1. The minimum atomic E-state index is -1.88. The average Bonchev–Trinajstić information content (AvgIpc) is 2.64. The van der Waals surface area contributed by atoms with Crippen molar-refractivity contribution in [1.82, 2.24) is 4.90 Å². The van der Waals surface area contributed by atoms with E-state index in [0.29, 0.717) is 12.1 Å². The molecule has 4 atom stereocenters. The Morgan fingerprint density at radius 1 is 1.14 bits per heavy atom. The lowest BCUT2D eigenvalue weighted by Gasteiger charge is -2.50. The number of benzene rings is 1. The normalized spacial score (nSPS) is 29.3. The Morgan fingerprint density at radius 3 is 2.43 bits per heavy atom. The molecule has 0 amide bonds. The van der Waals surface area contributed by atoms with Crippen LogP contribution in [-0.4, -0.2) is 43.1 Å². The summed E-state index contributed by atoms with van der Waals surface area (Å²) in [5.41, 5.74) is 2.78. The van der Waals surface area contributed by atoms with Crippen LogP contribution in [0.5, 0.6) is 0 Å². The van der Waals surface area contributed by atoms with Crippen LogP contribution in [-0.2, 0) is 11.0 Å². The number of fused-ring (bicyclic) bond motifs is 1. The van der Waals surface area contributed by atoms with Gasteiger partial charge in [-0.3, -0.25) is 4.90 Å². The molecule has 3 nitrogen and oxygen atoms in total. The van der Waals surface area contributed by atoms with Crippen molar-refractivity contribution >= 4 is 8.32 Å². The van der Waals surface area contributed by atoms with E-state index in [9.17, 15) is 5.11 Å². The molecule has 0 saturated heterocycles. The Bertz CT molecular complexity index is 680. The molecule has 156 valence electrons. The molecule has 1 fully saturated rings. The quantitative estimate of drug-likeness (QED) is 0.532. The summed E-state index contributed by atoms with van der Waals surface area (Å²) in [6.45, 7) is 15.1. The van der Waals surface area contributed by atoms with Crippen molar-refractivity contribution in [1.29, 1.82) is 0 Å². The zero-order valence-electron chi connectivity index (χ0n) is 18.6. The lowest BCUT2D eigenvalue weighted by Crippen LogP contribution is -2.57. The minimum Gasteiger partial charge on any atom is -0.409 e. The zero-order chi connectivity index (χ0) is 20.5. The second-order valence-electron chi connectivity index (χ2n) is 10.2. The van der Waals surface area contributed by atoms with Crippen molar-refractivity contribution in [2.45, 2.75) is 89.8 Å². The summed E-state index contributed by atoms with van der Waals surface area (Å²) in [6, 6.07) is 11.5. The third kappa shape index (κ3) is 4.45. The van der Waals surface area contributed by atoms with Crippen molar-refractivity contribution in [3.05, 3.63) is 47.5 Å². The molecule has 0 spiro atoms. The Labute approximate surface area is 172 Å². The number of aliphatic hydroxyl groups excluding tert-OH is 1. The second-order valence-corrected chi connectivity index (χ2v) is 15.0.